The first-order chi connectivity index (χ1) is 10.3. The van der Waals surface area contributed by atoms with Crippen LogP contribution in [0.2, 0.25) is 0 Å². The molecular formula is C15H18F3NO3. The Kier molecular flexibility index (Phi) is 4.65. The smallest absolute Gasteiger partial charge is 0.396 e. The van der Waals surface area contributed by atoms with Crippen LogP contribution in [0.4, 0.5) is 13.2 Å². The number of phenolic OH excluding ortho intramolecular Hbond substituents is 1. The van der Waals surface area contributed by atoms with Gasteiger partial charge in [0.2, 0.25) is 5.91 Å². The molecule has 1 saturated heterocycles. The van der Waals surface area contributed by atoms with Crippen molar-refractivity contribution in [3.05, 3.63) is 29.8 Å². The molecule has 22 heavy (non-hydrogen) atoms. The molecule has 122 valence electrons. The van der Waals surface area contributed by atoms with E-state index in [-0.39, 0.29) is 44.0 Å². The second-order valence-corrected chi connectivity index (χ2v) is 5.62. The van der Waals surface area contributed by atoms with Gasteiger partial charge in [-0.1, -0.05) is 18.2 Å². The van der Waals surface area contributed by atoms with Gasteiger partial charge >= 0.3 is 6.18 Å². The number of aliphatic hydroxyl groups is 1. The van der Waals surface area contributed by atoms with Crippen molar-refractivity contribution < 1.29 is 28.2 Å². The number of benzene rings is 1. The number of aliphatic hydroxyl groups excluding tert-OH is 1. The summed E-state index contributed by atoms with van der Waals surface area (Å²) in [5, 5.41) is 18.8. The summed E-state index contributed by atoms with van der Waals surface area (Å²) in [5.41, 5.74) is -1.67. The Morgan fingerprint density at radius 1 is 1.23 bits per heavy atom. The summed E-state index contributed by atoms with van der Waals surface area (Å²) >= 11 is 0. The van der Waals surface area contributed by atoms with Crippen LogP contribution < -0.4 is 0 Å². The van der Waals surface area contributed by atoms with Crippen molar-refractivity contribution in [1.82, 2.24) is 4.90 Å². The number of para-hydroxylation sites is 1. The Bertz CT molecular complexity index is 537. The Balaban J connectivity index is 2.00. The summed E-state index contributed by atoms with van der Waals surface area (Å²) in [6.45, 7) is -1.06. The van der Waals surface area contributed by atoms with Crippen molar-refractivity contribution >= 4 is 5.91 Å². The molecule has 1 aromatic rings. The van der Waals surface area contributed by atoms with E-state index in [4.69, 9.17) is 5.11 Å². The fourth-order valence-electron chi connectivity index (χ4n) is 2.65. The molecule has 1 aromatic carbocycles. The number of carbonyl (C=O) groups is 1. The first kappa shape index (κ1) is 16.6. The maximum Gasteiger partial charge on any atom is 0.396 e. The van der Waals surface area contributed by atoms with Crippen molar-refractivity contribution in [3.63, 3.8) is 0 Å². The van der Waals surface area contributed by atoms with E-state index >= 15 is 0 Å². The molecule has 2 rings (SSSR count). The summed E-state index contributed by atoms with van der Waals surface area (Å²) in [7, 11) is 0. The molecule has 1 aliphatic rings. The van der Waals surface area contributed by atoms with Gasteiger partial charge in [0.05, 0.1) is 18.4 Å². The average Bonchev–Trinajstić information content (AvgIpc) is 2.48. The minimum atomic E-state index is -4.48. The van der Waals surface area contributed by atoms with Crippen LogP contribution in [0.1, 0.15) is 18.4 Å². The lowest BCUT2D eigenvalue weighted by Crippen LogP contribution is -2.51. The van der Waals surface area contributed by atoms with Gasteiger partial charge in [0.15, 0.2) is 0 Å². The van der Waals surface area contributed by atoms with Crippen LogP contribution in [0.5, 0.6) is 5.75 Å². The van der Waals surface area contributed by atoms with E-state index in [1.54, 1.807) is 18.2 Å². The molecule has 4 nitrogen and oxygen atoms in total. The standard InChI is InChI=1S/C15H18F3NO3/c16-15(17,18)14(10-20)5-7-19(8-6-14)13(22)9-11-3-1-2-4-12(11)21/h1-4,20-21H,5-10H2. The van der Waals surface area contributed by atoms with Gasteiger partial charge in [-0.3, -0.25) is 4.79 Å². The zero-order valence-electron chi connectivity index (χ0n) is 11.9. The molecule has 0 spiro atoms. The van der Waals surface area contributed by atoms with Gasteiger partial charge in [-0.2, -0.15) is 13.2 Å². The number of halogens is 3. The molecule has 0 aliphatic carbocycles. The Labute approximate surface area is 126 Å². The topological polar surface area (TPSA) is 60.8 Å². The molecule has 0 aromatic heterocycles. The Hall–Kier alpha value is -1.76. The second kappa shape index (κ2) is 6.16. The Morgan fingerprint density at radius 2 is 1.82 bits per heavy atom. The molecule has 0 unspecified atom stereocenters. The van der Waals surface area contributed by atoms with Crippen molar-refractivity contribution in [3.8, 4) is 5.75 Å². The third kappa shape index (κ3) is 3.19. The minimum absolute atomic E-state index is 0.00661. The zero-order valence-corrected chi connectivity index (χ0v) is 11.9. The SMILES string of the molecule is O=C(Cc1ccccc1O)N1CCC(CO)(C(F)(F)F)CC1. The molecule has 1 heterocycles. The van der Waals surface area contributed by atoms with Gasteiger partial charge in [0, 0.05) is 18.7 Å². The summed E-state index contributed by atoms with van der Waals surface area (Å²) < 4.78 is 39.1. The molecule has 0 bridgehead atoms. The monoisotopic (exact) mass is 317 g/mol. The largest absolute Gasteiger partial charge is 0.508 e. The molecule has 0 saturated carbocycles. The maximum atomic E-state index is 13.0. The van der Waals surface area contributed by atoms with E-state index in [1.165, 1.54) is 11.0 Å². The molecule has 1 fully saturated rings. The number of hydrogen-bond donors (Lipinski definition) is 2. The number of aromatic hydroxyl groups is 1. The van der Waals surface area contributed by atoms with Crippen molar-refractivity contribution in [2.45, 2.75) is 25.4 Å². The van der Waals surface area contributed by atoms with Crippen molar-refractivity contribution in [1.29, 1.82) is 0 Å². The summed E-state index contributed by atoms with van der Waals surface area (Å²) in [4.78, 5) is 13.5. The van der Waals surface area contributed by atoms with E-state index in [0.29, 0.717) is 5.56 Å². The van der Waals surface area contributed by atoms with Crippen molar-refractivity contribution in [2.75, 3.05) is 19.7 Å². The van der Waals surface area contributed by atoms with Crippen LogP contribution in [-0.4, -0.2) is 46.9 Å². The third-order valence-corrected chi connectivity index (χ3v) is 4.31. The van der Waals surface area contributed by atoms with Gasteiger partial charge in [-0.05, 0) is 18.9 Å². The fourth-order valence-corrected chi connectivity index (χ4v) is 2.65. The lowest BCUT2D eigenvalue weighted by atomic mass is 9.78. The summed E-state index contributed by atoms with van der Waals surface area (Å²) in [6, 6.07) is 6.37. The quantitative estimate of drug-likeness (QED) is 0.897. The van der Waals surface area contributed by atoms with Gasteiger partial charge in [0.1, 0.15) is 5.75 Å². The fraction of sp³-hybridized carbons (Fsp3) is 0.533. The number of alkyl halides is 3. The number of likely N-dealkylation sites (tertiary alicyclic amines) is 1. The van der Waals surface area contributed by atoms with Gasteiger partial charge in [0.25, 0.3) is 0 Å². The number of nitrogens with zero attached hydrogens (tertiary/aromatic N) is 1. The van der Waals surface area contributed by atoms with Crippen LogP contribution in [0.15, 0.2) is 24.3 Å². The highest BCUT2D eigenvalue weighted by molar-refractivity contribution is 5.79. The highest BCUT2D eigenvalue weighted by Crippen LogP contribution is 2.45. The number of hydrogen-bond acceptors (Lipinski definition) is 3. The predicted octanol–water partition coefficient (Wildman–Crippen LogP) is 2.10. The third-order valence-electron chi connectivity index (χ3n) is 4.31. The zero-order chi connectivity index (χ0) is 16.4. The normalized spacial score (nSPS) is 18.3. The number of rotatable bonds is 3. The van der Waals surface area contributed by atoms with E-state index in [0.717, 1.165) is 0 Å². The lowest BCUT2D eigenvalue weighted by Gasteiger charge is -2.41. The summed E-state index contributed by atoms with van der Waals surface area (Å²) in [6.07, 6.45) is -5.14. The lowest BCUT2D eigenvalue weighted by molar-refractivity contribution is -0.248. The number of carbonyl (C=O) groups excluding carboxylic acids is 1. The molecule has 1 aliphatic heterocycles. The molecular weight excluding hydrogens is 299 g/mol. The van der Waals surface area contributed by atoms with Crippen LogP contribution in [0.25, 0.3) is 0 Å². The highest BCUT2D eigenvalue weighted by Gasteiger charge is 2.55. The van der Waals surface area contributed by atoms with Crippen LogP contribution in [0.3, 0.4) is 0 Å². The average molecular weight is 317 g/mol. The first-order valence-corrected chi connectivity index (χ1v) is 7.01. The number of amides is 1. The number of piperidine rings is 1. The van der Waals surface area contributed by atoms with Gasteiger partial charge in [-0.15, -0.1) is 0 Å². The van der Waals surface area contributed by atoms with E-state index in [1.807, 2.05) is 0 Å². The van der Waals surface area contributed by atoms with E-state index in [9.17, 15) is 23.1 Å². The second-order valence-electron chi connectivity index (χ2n) is 5.62. The van der Waals surface area contributed by atoms with Crippen LogP contribution in [-0.2, 0) is 11.2 Å². The molecule has 7 heteroatoms. The highest BCUT2D eigenvalue weighted by atomic mass is 19.4. The van der Waals surface area contributed by atoms with Crippen LogP contribution in [0, 0.1) is 5.41 Å². The minimum Gasteiger partial charge on any atom is -0.508 e. The van der Waals surface area contributed by atoms with E-state index < -0.39 is 18.2 Å². The molecule has 1 amide bonds. The van der Waals surface area contributed by atoms with Gasteiger partial charge < -0.3 is 15.1 Å². The molecule has 0 radical (unpaired) electrons. The molecule has 0 atom stereocenters. The van der Waals surface area contributed by atoms with Crippen LogP contribution >= 0.6 is 0 Å². The predicted molar refractivity (Wildman–Crippen MR) is 73.2 cm³/mol. The molecule has 2 N–H and O–H groups in total. The van der Waals surface area contributed by atoms with E-state index in [2.05, 4.69) is 0 Å². The maximum absolute atomic E-state index is 13.0. The van der Waals surface area contributed by atoms with Gasteiger partial charge in [-0.25, -0.2) is 0 Å². The van der Waals surface area contributed by atoms with Crippen molar-refractivity contribution in [2.24, 2.45) is 5.41 Å². The summed E-state index contributed by atoms with van der Waals surface area (Å²) in [5.74, 6) is -0.330. The first-order valence-electron chi connectivity index (χ1n) is 7.01. The number of phenols is 1. The Morgan fingerprint density at radius 3 is 2.32 bits per heavy atom.